The number of halogens is 1. The first kappa shape index (κ1) is 14.2. The van der Waals surface area contributed by atoms with E-state index in [2.05, 4.69) is 15.3 Å². The molecule has 0 radical (unpaired) electrons. The van der Waals surface area contributed by atoms with Crippen LogP contribution in [0.3, 0.4) is 0 Å². The first-order valence-electron chi connectivity index (χ1n) is 6.96. The number of anilines is 1. The van der Waals surface area contributed by atoms with Crippen molar-refractivity contribution in [2.45, 2.75) is 18.9 Å². The van der Waals surface area contributed by atoms with Crippen LogP contribution in [0.2, 0.25) is 0 Å². The van der Waals surface area contributed by atoms with E-state index in [0.717, 1.165) is 0 Å². The zero-order valence-corrected chi connectivity index (χ0v) is 11.8. The quantitative estimate of drug-likeness (QED) is 0.885. The summed E-state index contributed by atoms with van der Waals surface area (Å²) < 4.78 is 13.8. The summed E-state index contributed by atoms with van der Waals surface area (Å²) in [6, 6.07) is 5.79. The van der Waals surface area contributed by atoms with Crippen LogP contribution in [0.4, 0.5) is 10.1 Å². The molecule has 1 atom stereocenters. The minimum absolute atomic E-state index is 0.122. The number of amides is 2. The van der Waals surface area contributed by atoms with Gasteiger partial charge in [0.2, 0.25) is 11.8 Å². The summed E-state index contributed by atoms with van der Waals surface area (Å²) in [5.41, 5.74) is 0.246. The van der Waals surface area contributed by atoms with Crippen molar-refractivity contribution in [3.05, 3.63) is 48.3 Å². The number of carbonyl (C=O) groups excluding carboxylic acids is 2. The summed E-state index contributed by atoms with van der Waals surface area (Å²) >= 11 is 0. The van der Waals surface area contributed by atoms with Gasteiger partial charge in [0.15, 0.2) is 0 Å². The van der Waals surface area contributed by atoms with Crippen molar-refractivity contribution in [3.63, 3.8) is 0 Å². The molecule has 2 heterocycles. The second kappa shape index (κ2) is 5.97. The van der Waals surface area contributed by atoms with Gasteiger partial charge in [-0.15, -0.1) is 0 Å². The number of benzene rings is 1. The van der Waals surface area contributed by atoms with Gasteiger partial charge in [-0.05, 0) is 12.1 Å². The van der Waals surface area contributed by atoms with E-state index in [0.29, 0.717) is 5.82 Å². The molecular formula is C15H15FN4O2. The standard InChI is InChI=1S/C15H15FN4O2/c16-11-3-1-2-4-12(11)20-9-10(7-15(20)22)19-14(21)8-13-17-5-6-18-13/h1-6,10H,7-9H2,(H,17,18)(H,19,21). The molecule has 1 aromatic carbocycles. The molecule has 0 saturated carbocycles. The van der Waals surface area contributed by atoms with Gasteiger partial charge in [-0.2, -0.15) is 0 Å². The Bertz CT molecular complexity index is 687. The molecule has 2 amide bonds. The molecule has 1 aliphatic rings. The number of aromatic amines is 1. The molecule has 0 spiro atoms. The fraction of sp³-hybridized carbons (Fsp3) is 0.267. The van der Waals surface area contributed by atoms with Crippen molar-refractivity contribution in [2.24, 2.45) is 0 Å². The summed E-state index contributed by atoms with van der Waals surface area (Å²) in [7, 11) is 0. The van der Waals surface area contributed by atoms with Gasteiger partial charge in [0.25, 0.3) is 0 Å². The summed E-state index contributed by atoms with van der Waals surface area (Å²) in [4.78, 5) is 32.1. The highest BCUT2D eigenvalue weighted by Gasteiger charge is 2.32. The maximum absolute atomic E-state index is 13.8. The van der Waals surface area contributed by atoms with E-state index < -0.39 is 5.82 Å². The molecule has 2 N–H and O–H groups in total. The number of nitrogens with one attached hydrogen (secondary N) is 2. The van der Waals surface area contributed by atoms with Gasteiger partial charge >= 0.3 is 0 Å². The van der Waals surface area contributed by atoms with Gasteiger partial charge in [0.1, 0.15) is 11.6 Å². The number of nitrogens with zero attached hydrogens (tertiary/aromatic N) is 2. The van der Waals surface area contributed by atoms with E-state index in [4.69, 9.17) is 0 Å². The summed E-state index contributed by atoms with van der Waals surface area (Å²) in [6.45, 7) is 0.268. The fourth-order valence-electron chi connectivity index (χ4n) is 2.53. The van der Waals surface area contributed by atoms with Crippen LogP contribution in [0.1, 0.15) is 12.2 Å². The van der Waals surface area contributed by atoms with Gasteiger partial charge in [0.05, 0.1) is 18.2 Å². The van der Waals surface area contributed by atoms with Crippen LogP contribution < -0.4 is 10.2 Å². The molecule has 1 aromatic heterocycles. The smallest absolute Gasteiger partial charge is 0.229 e. The van der Waals surface area contributed by atoms with Crippen LogP contribution in [0.25, 0.3) is 0 Å². The molecule has 1 saturated heterocycles. The number of aromatic nitrogens is 2. The number of H-pyrrole nitrogens is 1. The number of hydrogen-bond acceptors (Lipinski definition) is 3. The molecule has 0 aliphatic carbocycles. The lowest BCUT2D eigenvalue weighted by molar-refractivity contribution is -0.121. The zero-order chi connectivity index (χ0) is 15.5. The van der Waals surface area contributed by atoms with E-state index in [1.807, 2.05) is 0 Å². The fourth-order valence-corrected chi connectivity index (χ4v) is 2.53. The lowest BCUT2D eigenvalue weighted by Crippen LogP contribution is -2.38. The van der Waals surface area contributed by atoms with Crippen LogP contribution in [-0.2, 0) is 16.0 Å². The molecule has 1 unspecified atom stereocenters. The highest BCUT2D eigenvalue weighted by Crippen LogP contribution is 2.24. The van der Waals surface area contributed by atoms with Gasteiger partial charge in [-0.1, -0.05) is 12.1 Å². The molecule has 2 aromatic rings. The van der Waals surface area contributed by atoms with E-state index in [-0.39, 0.29) is 42.9 Å². The Morgan fingerprint density at radius 2 is 2.27 bits per heavy atom. The van der Waals surface area contributed by atoms with Crippen molar-refractivity contribution in [1.29, 1.82) is 0 Å². The van der Waals surface area contributed by atoms with Crippen LogP contribution in [0.5, 0.6) is 0 Å². The van der Waals surface area contributed by atoms with Crippen LogP contribution >= 0.6 is 0 Å². The molecule has 22 heavy (non-hydrogen) atoms. The number of hydrogen-bond donors (Lipinski definition) is 2. The van der Waals surface area contributed by atoms with Crippen molar-refractivity contribution in [1.82, 2.24) is 15.3 Å². The van der Waals surface area contributed by atoms with E-state index in [1.165, 1.54) is 11.0 Å². The van der Waals surface area contributed by atoms with Gasteiger partial charge in [-0.3, -0.25) is 9.59 Å². The third-order valence-corrected chi connectivity index (χ3v) is 3.52. The average molecular weight is 302 g/mol. The van der Waals surface area contributed by atoms with E-state index in [1.54, 1.807) is 30.6 Å². The highest BCUT2D eigenvalue weighted by atomic mass is 19.1. The van der Waals surface area contributed by atoms with Crippen LogP contribution in [-0.4, -0.2) is 34.4 Å². The SMILES string of the molecule is O=C(Cc1ncc[nH]1)NC1CC(=O)N(c2ccccc2F)C1. The topological polar surface area (TPSA) is 78.1 Å². The highest BCUT2D eigenvalue weighted by molar-refractivity contribution is 5.97. The maximum Gasteiger partial charge on any atom is 0.229 e. The minimum Gasteiger partial charge on any atom is -0.351 e. The van der Waals surface area contributed by atoms with Crippen molar-refractivity contribution >= 4 is 17.5 Å². The number of para-hydroxylation sites is 1. The Kier molecular flexibility index (Phi) is 3.86. The monoisotopic (exact) mass is 302 g/mol. The third-order valence-electron chi connectivity index (χ3n) is 3.52. The van der Waals surface area contributed by atoms with E-state index in [9.17, 15) is 14.0 Å². The lowest BCUT2D eigenvalue weighted by atomic mass is 10.2. The maximum atomic E-state index is 13.8. The normalized spacial score (nSPS) is 17.8. The first-order chi connectivity index (χ1) is 10.6. The molecule has 1 fully saturated rings. The second-order valence-electron chi connectivity index (χ2n) is 5.14. The number of imidazole rings is 1. The summed E-state index contributed by atoms with van der Waals surface area (Å²) in [6.07, 6.45) is 3.50. The molecule has 6 nitrogen and oxygen atoms in total. The lowest BCUT2D eigenvalue weighted by Gasteiger charge is -2.17. The predicted octanol–water partition coefficient (Wildman–Crippen LogP) is 1.01. The van der Waals surface area contributed by atoms with Crippen molar-refractivity contribution in [2.75, 3.05) is 11.4 Å². The number of carbonyl (C=O) groups is 2. The Morgan fingerprint density at radius 1 is 1.45 bits per heavy atom. The van der Waals surface area contributed by atoms with E-state index >= 15 is 0 Å². The zero-order valence-electron chi connectivity index (χ0n) is 11.8. The Balaban J connectivity index is 1.62. The largest absolute Gasteiger partial charge is 0.351 e. The van der Waals surface area contributed by atoms with Crippen molar-refractivity contribution < 1.29 is 14.0 Å². The Hall–Kier alpha value is -2.70. The third kappa shape index (κ3) is 2.98. The summed E-state index contributed by atoms with van der Waals surface area (Å²) in [5.74, 6) is -0.303. The molecular weight excluding hydrogens is 287 g/mol. The molecule has 1 aliphatic heterocycles. The molecule has 7 heteroatoms. The predicted molar refractivity (Wildman–Crippen MR) is 77.6 cm³/mol. The Labute approximate surface area is 126 Å². The number of rotatable bonds is 4. The molecule has 114 valence electrons. The average Bonchev–Trinajstić information content (AvgIpc) is 3.09. The van der Waals surface area contributed by atoms with Gasteiger partial charge in [-0.25, -0.2) is 9.37 Å². The second-order valence-corrected chi connectivity index (χ2v) is 5.14. The minimum atomic E-state index is -0.446. The van der Waals surface area contributed by atoms with Crippen LogP contribution in [0, 0.1) is 5.82 Å². The summed E-state index contributed by atoms with van der Waals surface area (Å²) in [5, 5.41) is 2.78. The van der Waals surface area contributed by atoms with Gasteiger partial charge in [0, 0.05) is 25.4 Å². The first-order valence-corrected chi connectivity index (χ1v) is 6.96. The van der Waals surface area contributed by atoms with Gasteiger partial charge < -0.3 is 15.2 Å². The molecule has 3 rings (SSSR count). The van der Waals surface area contributed by atoms with Crippen LogP contribution in [0.15, 0.2) is 36.7 Å². The Morgan fingerprint density at radius 3 is 3.00 bits per heavy atom. The van der Waals surface area contributed by atoms with Crippen molar-refractivity contribution in [3.8, 4) is 0 Å². The molecule has 0 bridgehead atoms.